The molecule has 0 bridgehead atoms. The van der Waals surface area contributed by atoms with Gasteiger partial charge in [0, 0.05) is 13.0 Å². The van der Waals surface area contributed by atoms with Gasteiger partial charge in [-0.15, -0.1) is 0 Å². The van der Waals surface area contributed by atoms with Crippen LogP contribution in [0.15, 0.2) is 30.3 Å². The third-order valence-electron chi connectivity index (χ3n) is 2.39. The van der Waals surface area contributed by atoms with Gasteiger partial charge >= 0.3 is 5.97 Å². The topological polar surface area (TPSA) is 46.5 Å². The highest BCUT2D eigenvalue weighted by Gasteiger charge is 2.06. The highest BCUT2D eigenvalue weighted by molar-refractivity contribution is 5.66. The van der Waals surface area contributed by atoms with Crippen molar-refractivity contribution in [2.45, 2.75) is 26.4 Å². The average Bonchev–Trinajstić information content (AvgIpc) is 2.25. The largest absolute Gasteiger partial charge is 0.481 e. The third-order valence-corrected chi connectivity index (χ3v) is 2.39. The molecule has 1 unspecified atom stereocenters. The van der Waals surface area contributed by atoms with Crippen LogP contribution in [0.25, 0.3) is 0 Å². The van der Waals surface area contributed by atoms with Crippen LogP contribution in [-0.2, 0) is 16.1 Å². The second-order valence-electron chi connectivity index (χ2n) is 4.03. The van der Waals surface area contributed by atoms with E-state index in [1.807, 2.05) is 37.3 Å². The molecule has 0 heterocycles. The molecular weight excluding hydrogens is 204 g/mol. The molecule has 0 amide bonds. The molecule has 0 radical (unpaired) electrons. The van der Waals surface area contributed by atoms with Crippen molar-refractivity contribution >= 4 is 5.97 Å². The SMILES string of the molecule is CC(CCOCc1ccccc1)CC(=O)O. The van der Waals surface area contributed by atoms with E-state index >= 15 is 0 Å². The zero-order valence-electron chi connectivity index (χ0n) is 9.56. The van der Waals surface area contributed by atoms with Gasteiger partial charge in [-0.05, 0) is 17.9 Å². The lowest BCUT2D eigenvalue weighted by Crippen LogP contribution is -2.07. The fourth-order valence-corrected chi connectivity index (χ4v) is 1.45. The monoisotopic (exact) mass is 222 g/mol. The van der Waals surface area contributed by atoms with E-state index in [9.17, 15) is 4.79 Å². The molecule has 88 valence electrons. The van der Waals surface area contributed by atoms with Gasteiger partial charge in [0.05, 0.1) is 6.61 Å². The fourth-order valence-electron chi connectivity index (χ4n) is 1.45. The average molecular weight is 222 g/mol. The van der Waals surface area contributed by atoms with Gasteiger partial charge in [-0.3, -0.25) is 4.79 Å². The number of carboxylic acids is 1. The number of carboxylic acid groups (broad SMARTS) is 1. The van der Waals surface area contributed by atoms with Crippen LogP contribution in [0.1, 0.15) is 25.3 Å². The molecule has 1 rings (SSSR count). The van der Waals surface area contributed by atoms with Crippen LogP contribution in [0, 0.1) is 5.92 Å². The lowest BCUT2D eigenvalue weighted by molar-refractivity contribution is -0.138. The van der Waals surface area contributed by atoms with E-state index in [1.165, 1.54) is 0 Å². The van der Waals surface area contributed by atoms with Gasteiger partial charge in [-0.1, -0.05) is 37.3 Å². The Morgan fingerprint density at radius 3 is 2.69 bits per heavy atom. The number of rotatable bonds is 7. The minimum atomic E-state index is -0.740. The van der Waals surface area contributed by atoms with Crippen LogP contribution < -0.4 is 0 Å². The highest BCUT2D eigenvalue weighted by atomic mass is 16.5. The van der Waals surface area contributed by atoms with Crippen molar-refractivity contribution < 1.29 is 14.6 Å². The van der Waals surface area contributed by atoms with Crippen molar-refractivity contribution in [2.75, 3.05) is 6.61 Å². The van der Waals surface area contributed by atoms with E-state index < -0.39 is 5.97 Å². The molecule has 16 heavy (non-hydrogen) atoms. The standard InChI is InChI=1S/C13H18O3/c1-11(9-13(14)15)7-8-16-10-12-5-3-2-4-6-12/h2-6,11H,7-10H2,1H3,(H,14,15). The predicted octanol–water partition coefficient (Wildman–Crippen LogP) is 2.70. The van der Waals surface area contributed by atoms with E-state index in [0.29, 0.717) is 13.2 Å². The third kappa shape index (κ3) is 5.51. The number of hydrogen-bond acceptors (Lipinski definition) is 2. The maximum Gasteiger partial charge on any atom is 0.303 e. The normalized spacial score (nSPS) is 12.3. The van der Waals surface area contributed by atoms with Gasteiger partial charge < -0.3 is 9.84 Å². The molecular formula is C13H18O3. The highest BCUT2D eigenvalue weighted by Crippen LogP contribution is 2.08. The van der Waals surface area contributed by atoms with Crippen molar-refractivity contribution in [2.24, 2.45) is 5.92 Å². The molecule has 1 atom stereocenters. The minimum Gasteiger partial charge on any atom is -0.481 e. The van der Waals surface area contributed by atoms with E-state index in [2.05, 4.69) is 0 Å². The van der Waals surface area contributed by atoms with E-state index in [0.717, 1.165) is 12.0 Å². The first-order valence-electron chi connectivity index (χ1n) is 5.52. The van der Waals surface area contributed by atoms with E-state index in [4.69, 9.17) is 9.84 Å². The first kappa shape index (κ1) is 12.7. The first-order valence-corrected chi connectivity index (χ1v) is 5.52. The van der Waals surface area contributed by atoms with Crippen molar-refractivity contribution in [1.82, 2.24) is 0 Å². The Morgan fingerprint density at radius 1 is 1.38 bits per heavy atom. The molecule has 0 aliphatic carbocycles. The smallest absolute Gasteiger partial charge is 0.303 e. The van der Waals surface area contributed by atoms with Gasteiger partial charge in [-0.2, -0.15) is 0 Å². The van der Waals surface area contributed by atoms with Crippen molar-refractivity contribution in [3.8, 4) is 0 Å². The molecule has 0 fully saturated rings. The molecule has 0 aliphatic heterocycles. The van der Waals surface area contributed by atoms with Crippen LogP contribution in [-0.4, -0.2) is 17.7 Å². The lowest BCUT2D eigenvalue weighted by Gasteiger charge is -2.09. The molecule has 0 aromatic heterocycles. The molecule has 0 aliphatic rings. The van der Waals surface area contributed by atoms with Crippen molar-refractivity contribution in [3.05, 3.63) is 35.9 Å². The lowest BCUT2D eigenvalue weighted by atomic mass is 10.1. The minimum absolute atomic E-state index is 0.174. The Balaban J connectivity index is 2.10. The predicted molar refractivity (Wildman–Crippen MR) is 62.1 cm³/mol. The molecule has 0 saturated heterocycles. The summed E-state index contributed by atoms with van der Waals surface area (Å²) in [6.07, 6.45) is 1.01. The molecule has 1 N–H and O–H groups in total. The zero-order valence-corrected chi connectivity index (χ0v) is 9.56. The summed E-state index contributed by atoms with van der Waals surface area (Å²) in [4.78, 5) is 10.4. The van der Waals surface area contributed by atoms with Crippen LogP contribution in [0.5, 0.6) is 0 Å². The van der Waals surface area contributed by atoms with Crippen LogP contribution >= 0.6 is 0 Å². The van der Waals surface area contributed by atoms with Crippen LogP contribution in [0.3, 0.4) is 0 Å². The van der Waals surface area contributed by atoms with Gasteiger partial charge in [0.15, 0.2) is 0 Å². The Bertz CT molecular complexity index is 308. The number of aliphatic carboxylic acids is 1. The van der Waals surface area contributed by atoms with Gasteiger partial charge in [0.25, 0.3) is 0 Å². The Kier molecular flexibility index (Phi) is 5.57. The number of carbonyl (C=O) groups is 1. The number of hydrogen-bond donors (Lipinski definition) is 1. The van der Waals surface area contributed by atoms with E-state index in [-0.39, 0.29) is 12.3 Å². The molecule has 1 aromatic carbocycles. The van der Waals surface area contributed by atoms with Crippen molar-refractivity contribution in [3.63, 3.8) is 0 Å². The van der Waals surface area contributed by atoms with Gasteiger partial charge in [-0.25, -0.2) is 0 Å². The summed E-state index contributed by atoms with van der Waals surface area (Å²) in [5, 5.41) is 8.58. The van der Waals surface area contributed by atoms with E-state index in [1.54, 1.807) is 0 Å². The van der Waals surface area contributed by atoms with Crippen molar-refractivity contribution in [1.29, 1.82) is 0 Å². The number of ether oxygens (including phenoxy) is 1. The quantitative estimate of drug-likeness (QED) is 0.721. The summed E-state index contributed by atoms with van der Waals surface area (Å²) in [6, 6.07) is 9.96. The molecule has 0 saturated carbocycles. The second-order valence-corrected chi connectivity index (χ2v) is 4.03. The maximum absolute atomic E-state index is 10.4. The summed E-state index contributed by atoms with van der Waals surface area (Å²) >= 11 is 0. The summed E-state index contributed by atoms with van der Waals surface area (Å²) in [5.41, 5.74) is 1.15. The summed E-state index contributed by atoms with van der Waals surface area (Å²) < 4.78 is 5.48. The van der Waals surface area contributed by atoms with Gasteiger partial charge in [0.1, 0.15) is 0 Å². The second kappa shape index (κ2) is 7.01. The summed E-state index contributed by atoms with van der Waals surface area (Å²) in [7, 11) is 0. The Hall–Kier alpha value is -1.35. The zero-order chi connectivity index (χ0) is 11.8. The van der Waals surface area contributed by atoms with Crippen LogP contribution in [0.4, 0.5) is 0 Å². The molecule has 3 nitrogen and oxygen atoms in total. The Labute approximate surface area is 96.1 Å². The van der Waals surface area contributed by atoms with Gasteiger partial charge in [0.2, 0.25) is 0 Å². The first-order chi connectivity index (χ1) is 7.68. The van der Waals surface area contributed by atoms with Crippen LogP contribution in [0.2, 0.25) is 0 Å². The summed E-state index contributed by atoms with van der Waals surface area (Å²) in [6.45, 7) is 3.14. The summed E-state index contributed by atoms with van der Waals surface area (Å²) in [5.74, 6) is -0.566. The molecule has 0 spiro atoms. The molecule has 1 aromatic rings. The molecule has 3 heteroatoms. The number of benzene rings is 1. The maximum atomic E-state index is 10.4. The Morgan fingerprint density at radius 2 is 2.06 bits per heavy atom. The fraction of sp³-hybridized carbons (Fsp3) is 0.462.